The van der Waals surface area contributed by atoms with Crippen LogP contribution >= 0.6 is 0 Å². The number of hydrogen-bond acceptors (Lipinski definition) is 4. The molecule has 7 heteroatoms. The van der Waals surface area contributed by atoms with Gasteiger partial charge in [0.2, 0.25) is 0 Å². The molecule has 2 fully saturated rings. The Kier molecular flexibility index (Phi) is 5.88. The summed E-state index contributed by atoms with van der Waals surface area (Å²) < 4.78 is 5.22. The smallest absolute Gasteiger partial charge is 0.325 e. The highest BCUT2D eigenvalue weighted by atomic mass is 16.3. The molecule has 1 aliphatic heterocycles. The first-order valence-corrected chi connectivity index (χ1v) is 10.6. The van der Waals surface area contributed by atoms with E-state index in [0.717, 1.165) is 31.2 Å². The molecule has 2 aromatic rings. The molecule has 0 bridgehead atoms. The van der Waals surface area contributed by atoms with Gasteiger partial charge >= 0.3 is 6.03 Å². The van der Waals surface area contributed by atoms with Gasteiger partial charge in [-0.1, -0.05) is 44.2 Å². The number of urea groups is 1. The summed E-state index contributed by atoms with van der Waals surface area (Å²) in [6, 6.07) is 10.2. The van der Waals surface area contributed by atoms with Crippen LogP contribution < -0.4 is 10.6 Å². The third-order valence-electron chi connectivity index (χ3n) is 5.99. The van der Waals surface area contributed by atoms with Gasteiger partial charge in [0.15, 0.2) is 0 Å². The maximum atomic E-state index is 13.2. The van der Waals surface area contributed by atoms with Gasteiger partial charge in [0.05, 0.1) is 19.4 Å². The summed E-state index contributed by atoms with van der Waals surface area (Å²) in [7, 11) is 0. The van der Waals surface area contributed by atoms with Gasteiger partial charge in [0.25, 0.3) is 11.8 Å². The standard InChI is InChI=1S/C23H27N3O4/c27-20(24-15-19-10-7-13-30-19)18-9-6-8-17(14-18)16-26-21(28)23(25-22(26)29)11-4-2-1-3-5-12-23/h6-10,13-14H,1-5,11-12,15-16H2,(H,24,27)(H,25,29). The molecule has 1 saturated heterocycles. The van der Waals surface area contributed by atoms with E-state index in [9.17, 15) is 14.4 Å². The number of rotatable bonds is 5. The molecule has 1 aromatic carbocycles. The summed E-state index contributed by atoms with van der Waals surface area (Å²) in [4.78, 5) is 39.5. The van der Waals surface area contributed by atoms with Gasteiger partial charge in [0.1, 0.15) is 11.3 Å². The van der Waals surface area contributed by atoms with E-state index in [4.69, 9.17) is 4.42 Å². The summed E-state index contributed by atoms with van der Waals surface area (Å²) >= 11 is 0. The molecule has 2 aliphatic rings. The molecule has 4 amide bonds. The molecular weight excluding hydrogens is 382 g/mol. The Hall–Kier alpha value is -3.09. The fourth-order valence-corrected chi connectivity index (χ4v) is 4.34. The summed E-state index contributed by atoms with van der Waals surface area (Å²) in [6.07, 6.45) is 8.24. The van der Waals surface area contributed by atoms with Crippen LogP contribution in [0.2, 0.25) is 0 Å². The number of carbonyl (C=O) groups is 3. The molecule has 7 nitrogen and oxygen atoms in total. The van der Waals surface area contributed by atoms with E-state index in [-0.39, 0.29) is 24.4 Å². The van der Waals surface area contributed by atoms with Crippen molar-refractivity contribution in [1.82, 2.24) is 15.5 Å². The van der Waals surface area contributed by atoms with Crippen LogP contribution in [0, 0.1) is 0 Å². The van der Waals surface area contributed by atoms with Crippen molar-refractivity contribution < 1.29 is 18.8 Å². The zero-order valence-electron chi connectivity index (χ0n) is 17.0. The number of nitrogens with one attached hydrogen (secondary N) is 2. The molecule has 4 rings (SSSR count). The van der Waals surface area contributed by atoms with Crippen LogP contribution in [0.25, 0.3) is 0 Å². The molecule has 2 heterocycles. The maximum Gasteiger partial charge on any atom is 0.325 e. The normalized spacial score (nSPS) is 18.7. The van der Waals surface area contributed by atoms with Crippen molar-refractivity contribution in [2.75, 3.05) is 0 Å². The van der Waals surface area contributed by atoms with Gasteiger partial charge in [-0.3, -0.25) is 14.5 Å². The molecule has 0 atom stereocenters. The Morgan fingerprint density at radius 2 is 1.83 bits per heavy atom. The molecule has 0 unspecified atom stereocenters. The van der Waals surface area contributed by atoms with Gasteiger partial charge in [-0.05, 0) is 42.7 Å². The van der Waals surface area contributed by atoms with E-state index in [1.165, 1.54) is 11.3 Å². The zero-order chi connectivity index (χ0) is 21.0. The van der Waals surface area contributed by atoms with Crippen molar-refractivity contribution in [3.05, 3.63) is 59.5 Å². The predicted molar refractivity (Wildman–Crippen MR) is 110 cm³/mol. The number of hydrogen-bond donors (Lipinski definition) is 2. The number of benzene rings is 1. The lowest BCUT2D eigenvalue weighted by Crippen LogP contribution is -2.47. The quantitative estimate of drug-likeness (QED) is 0.736. The Balaban J connectivity index is 1.43. The van der Waals surface area contributed by atoms with Crippen molar-refractivity contribution in [2.45, 2.75) is 63.6 Å². The van der Waals surface area contributed by atoms with E-state index < -0.39 is 5.54 Å². The highest BCUT2D eigenvalue weighted by Crippen LogP contribution is 2.32. The molecule has 0 radical (unpaired) electrons. The molecule has 158 valence electrons. The number of carbonyl (C=O) groups excluding carboxylic acids is 3. The van der Waals surface area contributed by atoms with E-state index in [0.29, 0.717) is 30.7 Å². The van der Waals surface area contributed by atoms with Crippen LogP contribution in [0.15, 0.2) is 47.1 Å². The monoisotopic (exact) mass is 409 g/mol. The summed E-state index contributed by atoms with van der Waals surface area (Å²) in [5.41, 5.74) is 0.467. The van der Waals surface area contributed by atoms with Gasteiger partial charge in [-0.25, -0.2) is 4.79 Å². The second-order valence-corrected chi connectivity index (χ2v) is 8.13. The minimum Gasteiger partial charge on any atom is -0.467 e. The molecule has 1 aromatic heterocycles. The average Bonchev–Trinajstić information content (AvgIpc) is 3.32. The van der Waals surface area contributed by atoms with Crippen molar-refractivity contribution in [2.24, 2.45) is 0 Å². The lowest BCUT2D eigenvalue weighted by atomic mass is 9.84. The van der Waals surface area contributed by atoms with E-state index >= 15 is 0 Å². The van der Waals surface area contributed by atoms with Gasteiger partial charge < -0.3 is 15.1 Å². The summed E-state index contributed by atoms with van der Waals surface area (Å²) in [5, 5.41) is 5.78. The Morgan fingerprint density at radius 3 is 2.57 bits per heavy atom. The average molecular weight is 409 g/mol. The second-order valence-electron chi connectivity index (χ2n) is 8.13. The van der Waals surface area contributed by atoms with Crippen molar-refractivity contribution in [3.63, 3.8) is 0 Å². The largest absolute Gasteiger partial charge is 0.467 e. The highest BCUT2D eigenvalue weighted by Gasteiger charge is 2.50. The first-order chi connectivity index (χ1) is 14.6. The van der Waals surface area contributed by atoms with E-state index in [1.54, 1.807) is 36.6 Å². The predicted octanol–water partition coefficient (Wildman–Crippen LogP) is 3.74. The second kappa shape index (κ2) is 8.73. The van der Waals surface area contributed by atoms with E-state index in [2.05, 4.69) is 10.6 Å². The Morgan fingerprint density at radius 1 is 1.07 bits per heavy atom. The topological polar surface area (TPSA) is 91.7 Å². The van der Waals surface area contributed by atoms with Crippen molar-refractivity contribution >= 4 is 17.8 Å². The van der Waals surface area contributed by atoms with Crippen LogP contribution in [0.4, 0.5) is 4.79 Å². The number of amides is 4. The van der Waals surface area contributed by atoms with Crippen LogP contribution in [-0.2, 0) is 17.9 Å². The summed E-state index contributed by atoms with van der Waals surface area (Å²) in [6.45, 7) is 0.456. The SMILES string of the molecule is O=C(NCc1ccco1)c1cccc(CN2C(=O)NC3(CCCCCCC3)C2=O)c1. The van der Waals surface area contributed by atoms with E-state index in [1.807, 2.05) is 6.07 Å². The number of nitrogens with zero attached hydrogens (tertiary/aromatic N) is 1. The van der Waals surface area contributed by atoms with Gasteiger partial charge in [-0.2, -0.15) is 0 Å². The molecule has 30 heavy (non-hydrogen) atoms. The molecule has 1 saturated carbocycles. The van der Waals surface area contributed by atoms with Crippen molar-refractivity contribution in [3.8, 4) is 0 Å². The third kappa shape index (κ3) is 4.25. The molecular formula is C23H27N3O4. The van der Waals surface area contributed by atoms with Crippen LogP contribution in [-0.4, -0.2) is 28.3 Å². The summed E-state index contributed by atoms with van der Waals surface area (Å²) in [5.74, 6) is 0.298. The Labute approximate surface area is 175 Å². The lowest BCUT2D eigenvalue weighted by Gasteiger charge is -2.28. The minimum absolute atomic E-state index is 0.137. The zero-order valence-corrected chi connectivity index (χ0v) is 17.0. The maximum absolute atomic E-state index is 13.2. The molecule has 1 aliphatic carbocycles. The van der Waals surface area contributed by atoms with Crippen LogP contribution in [0.1, 0.15) is 66.6 Å². The number of imide groups is 1. The minimum atomic E-state index is -0.754. The molecule has 2 N–H and O–H groups in total. The fourth-order valence-electron chi connectivity index (χ4n) is 4.34. The Bertz CT molecular complexity index is 914. The van der Waals surface area contributed by atoms with Crippen LogP contribution in [0.3, 0.4) is 0 Å². The fraction of sp³-hybridized carbons (Fsp3) is 0.435. The number of furan rings is 1. The van der Waals surface area contributed by atoms with Crippen molar-refractivity contribution in [1.29, 1.82) is 0 Å². The van der Waals surface area contributed by atoms with Gasteiger partial charge in [0, 0.05) is 5.56 Å². The van der Waals surface area contributed by atoms with Crippen LogP contribution in [0.5, 0.6) is 0 Å². The first-order valence-electron chi connectivity index (χ1n) is 10.6. The third-order valence-corrected chi connectivity index (χ3v) is 5.99. The lowest BCUT2D eigenvalue weighted by molar-refractivity contribution is -0.132. The molecule has 1 spiro atoms. The highest BCUT2D eigenvalue weighted by molar-refractivity contribution is 6.07. The first kappa shape index (κ1) is 20.2. The van der Waals surface area contributed by atoms with Gasteiger partial charge in [-0.15, -0.1) is 0 Å².